The van der Waals surface area contributed by atoms with Crippen LogP contribution in [0, 0.1) is 5.92 Å². The van der Waals surface area contributed by atoms with Crippen molar-refractivity contribution in [2.75, 3.05) is 31.1 Å². The van der Waals surface area contributed by atoms with Gasteiger partial charge in [0.15, 0.2) is 0 Å². The average Bonchev–Trinajstić information content (AvgIpc) is 3.30. The molecule has 0 bridgehead atoms. The molecule has 0 unspecified atom stereocenters. The van der Waals surface area contributed by atoms with Crippen molar-refractivity contribution < 1.29 is 19.5 Å². The summed E-state index contributed by atoms with van der Waals surface area (Å²) < 4.78 is 0. The number of carbonyl (C=O) groups is 3. The van der Waals surface area contributed by atoms with Crippen molar-refractivity contribution in [2.45, 2.75) is 37.6 Å². The highest BCUT2D eigenvalue weighted by Gasteiger charge is 2.52. The number of carboxylic acid groups (broad SMARTS) is 1. The summed E-state index contributed by atoms with van der Waals surface area (Å²) in [5.41, 5.74) is 0.979. The molecule has 3 aliphatic rings. The molecule has 0 aliphatic carbocycles. The molecule has 3 aliphatic heterocycles. The lowest BCUT2D eigenvalue weighted by Gasteiger charge is -2.41. The van der Waals surface area contributed by atoms with Crippen LogP contribution in [0.3, 0.4) is 0 Å². The zero-order valence-corrected chi connectivity index (χ0v) is 15.3. The van der Waals surface area contributed by atoms with Crippen molar-refractivity contribution in [3.8, 4) is 0 Å². The number of hydrogen-bond donors (Lipinski definition) is 2. The van der Waals surface area contributed by atoms with E-state index >= 15 is 0 Å². The third-order valence-electron chi connectivity index (χ3n) is 6.27. The summed E-state index contributed by atoms with van der Waals surface area (Å²) in [6, 6.07) is 7.72. The molecule has 3 heterocycles. The number of hydrogen-bond acceptors (Lipinski definition) is 4. The molecule has 4 rings (SSSR count). The van der Waals surface area contributed by atoms with Crippen LogP contribution < -0.4 is 10.2 Å². The molecule has 7 nitrogen and oxygen atoms in total. The Balaban J connectivity index is 1.50. The van der Waals surface area contributed by atoms with E-state index in [1.807, 2.05) is 24.3 Å². The molecule has 7 heteroatoms. The zero-order valence-electron chi connectivity index (χ0n) is 15.3. The number of nitrogens with one attached hydrogen (secondary N) is 1. The Morgan fingerprint density at radius 1 is 1.07 bits per heavy atom. The smallest absolute Gasteiger partial charge is 0.309 e. The second kappa shape index (κ2) is 6.87. The zero-order chi connectivity index (χ0) is 19.0. The van der Waals surface area contributed by atoms with Gasteiger partial charge in [0.2, 0.25) is 5.91 Å². The first-order valence-electron chi connectivity index (χ1n) is 9.67. The van der Waals surface area contributed by atoms with E-state index in [4.69, 9.17) is 0 Å². The molecular formula is C20H25N3O4. The molecule has 0 radical (unpaired) electrons. The summed E-state index contributed by atoms with van der Waals surface area (Å²) in [6.07, 6.45) is 3.28. The number of aliphatic carboxylic acids is 1. The molecule has 27 heavy (non-hydrogen) atoms. The maximum Gasteiger partial charge on any atom is 0.309 e. The van der Waals surface area contributed by atoms with Crippen molar-refractivity contribution in [1.29, 1.82) is 0 Å². The third kappa shape index (κ3) is 3.15. The second-order valence-corrected chi connectivity index (χ2v) is 7.80. The molecule has 3 fully saturated rings. The predicted molar refractivity (Wildman–Crippen MR) is 99.6 cm³/mol. The number of amides is 2. The van der Waals surface area contributed by atoms with Gasteiger partial charge in [-0.05, 0) is 37.8 Å². The predicted octanol–water partition coefficient (Wildman–Crippen LogP) is 1.48. The minimum absolute atomic E-state index is 0.0106. The number of piperidine rings is 1. The van der Waals surface area contributed by atoms with Crippen molar-refractivity contribution >= 4 is 23.5 Å². The Bertz CT molecular complexity index is 764. The third-order valence-corrected chi connectivity index (χ3v) is 6.27. The molecule has 0 saturated carbocycles. The van der Waals surface area contributed by atoms with Gasteiger partial charge < -0.3 is 20.2 Å². The highest BCUT2D eigenvalue weighted by atomic mass is 16.4. The van der Waals surface area contributed by atoms with E-state index in [1.165, 1.54) is 0 Å². The SMILES string of the molecule is O=C1C[C@@H](C(=O)O)C2(CCN(C(=O)c3ccccc3N3CCCC3)CC2)N1. The summed E-state index contributed by atoms with van der Waals surface area (Å²) >= 11 is 0. The lowest BCUT2D eigenvalue weighted by Crippen LogP contribution is -2.56. The van der Waals surface area contributed by atoms with Gasteiger partial charge in [0.25, 0.3) is 5.91 Å². The van der Waals surface area contributed by atoms with Gasteiger partial charge in [-0.15, -0.1) is 0 Å². The number of para-hydroxylation sites is 1. The Hall–Kier alpha value is -2.57. The minimum atomic E-state index is -0.937. The number of benzene rings is 1. The molecule has 3 saturated heterocycles. The molecule has 1 spiro atoms. The van der Waals surface area contributed by atoms with Gasteiger partial charge in [0.05, 0.1) is 17.0 Å². The molecule has 2 amide bonds. The van der Waals surface area contributed by atoms with E-state index in [0.717, 1.165) is 31.6 Å². The van der Waals surface area contributed by atoms with Crippen LogP contribution in [0.4, 0.5) is 5.69 Å². The van der Waals surface area contributed by atoms with Crippen molar-refractivity contribution in [2.24, 2.45) is 5.92 Å². The maximum atomic E-state index is 13.2. The van der Waals surface area contributed by atoms with Gasteiger partial charge in [-0.3, -0.25) is 14.4 Å². The molecule has 0 aromatic heterocycles. The van der Waals surface area contributed by atoms with Crippen molar-refractivity contribution in [1.82, 2.24) is 10.2 Å². The monoisotopic (exact) mass is 371 g/mol. The Labute approximate surface area is 158 Å². The number of carboxylic acids is 1. The average molecular weight is 371 g/mol. The topological polar surface area (TPSA) is 90.0 Å². The fourth-order valence-corrected chi connectivity index (χ4v) is 4.76. The van der Waals surface area contributed by atoms with Crippen molar-refractivity contribution in [3.63, 3.8) is 0 Å². The number of nitrogens with zero attached hydrogens (tertiary/aromatic N) is 2. The Kier molecular flexibility index (Phi) is 4.53. The van der Waals surface area contributed by atoms with E-state index in [1.54, 1.807) is 4.90 Å². The molecule has 1 aromatic carbocycles. The van der Waals surface area contributed by atoms with Gasteiger partial charge >= 0.3 is 5.97 Å². The fourth-order valence-electron chi connectivity index (χ4n) is 4.76. The summed E-state index contributed by atoms with van der Waals surface area (Å²) in [6.45, 7) is 2.86. The minimum Gasteiger partial charge on any atom is -0.481 e. The first-order chi connectivity index (χ1) is 13.0. The number of carbonyl (C=O) groups excluding carboxylic acids is 2. The van der Waals surface area contributed by atoms with Crippen LogP contribution in [0.5, 0.6) is 0 Å². The molecule has 1 atom stereocenters. The molecule has 2 N–H and O–H groups in total. The second-order valence-electron chi connectivity index (χ2n) is 7.80. The van der Waals surface area contributed by atoms with Gasteiger partial charge in [-0.1, -0.05) is 12.1 Å². The van der Waals surface area contributed by atoms with Gasteiger partial charge in [0, 0.05) is 38.3 Å². The fraction of sp³-hybridized carbons (Fsp3) is 0.550. The van der Waals surface area contributed by atoms with Crippen LogP contribution in [0.2, 0.25) is 0 Å². The van der Waals surface area contributed by atoms with Crippen LogP contribution in [-0.4, -0.2) is 59.5 Å². The van der Waals surface area contributed by atoms with Gasteiger partial charge in [-0.25, -0.2) is 0 Å². The Morgan fingerprint density at radius 2 is 1.74 bits per heavy atom. The largest absolute Gasteiger partial charge is 0.481 e. The van der Waals surface area contributed by atoms with E-state index in [9.17, 15) is 19.5 Å². The highest BCUT2D eigenvalue weighted by molar-refractivity contribution is 6.00. The number of likely N-dealkylation sites (tertiary alicyclic amines) is 1. The van der Waals surface area contributed by atoms with Gasteiger partial charge in [0.1, 0.15) is 0 Å². The van der Waals surface area contributed by atoms with Crippen LogP contribution in [0.1, 0.15) is 42.5 Å². The van der Waals surface area contributed by atoms with Gasteiger partial charge in [-0.2, -0.15) is 0 Å². The first kappa shape index (κ1) is 17.8. The molecular weight excluding hydrogens is 346 g/mol. The van der Waals surface area contributed by atoms with Crippen molar-refractivity contribution in [3.05, 3.63) is 29.8 Å². The van der Waals surface area contributed by atoms with Crippen LogP contribution in [0.15, 0.2) is 24.3 Å². The van der Waals surface area contributed by atoms with E-state index < -0.39 is 17.4 Å². The summed E-state index contributed by atoms with van der Waals surface area (Å²) in [5, 5.41) is 12.4. The van der Waals surface area contributed by atoms with E-state index in [0.29, 0.717) is 31.5 Å². The summed E-state index contributed by atoms with van der Waals surface area (Å²) in [7, 11) is 0. The maximum absolute atomic E-state index is 13.2. The van der Waals surface area contributed by atoms with Crippen LogP contribution >= 0.6 is 0 Å². The number of rotatable bonds is 3. The Morgan fingerprint density at radius 3 is 2.41 bits per heavy atom. The lowest BCUT2D eigenvalue weighted by molar-refractivity contribution is -0.144. The lowest BCUT2D eigenvalue weighted by atomic mass is 9.77. The number of anilines is 1. The van der Waals surface area contributed by atoms with Crippen LogP contribution in [0.25, 0.3) is 0 Å². The quantitative estimate of drug-likeness (QED) is 0.840. The standard InChI is InChI=1S/C20H25N3O4/c24-17-13-15(19(26)27)20(21-17)7-11-23(12-8-20)18(25)14-5-1-2-6-16(14)22-9-3-4-10-22/h1-2,5-6,15H,3-4,7-13H2,(H,21,24)(H,26,27)/t15-/m0/s1. The van der Waals surface area contributed by atoms with Crippen LogP contribution in [-0.2, 0) is 9.59 Å². The summed E-state index contributed by atoms with van der Waals surface area (Å²) in [4.78, 5) is 40.6. The summed E-state index contributed by atoms with van der Waals surface area (Å²) in [5.74, 6) is -1.86. The van der Waals surface area contributed by atoms with E-state index in [-0.39, 0.29) is 18.2 Å². The first-order valence-corrected chi connectivity index (χ1v) is 9.67. The molecule has 144 valence electrons. The normalized spacial score (nSPS) is 24.3. The highest BCUT2D eigenvalue weighted by Crippen LogP contribution is 2.37. The molecule has 1 aromatic rings. The van der Waals surface area contributed by atoms with E-state index in [2.05, 4.69) is 10.2 Å².